The van der Waals surface area contributed by atoms with E-state index in [2.05, 4.69) is 0 Å². The number of nitrogens with zero attached hydrogens (tertiary/aromatic N) is 1. The summed E-state index contributed by atoms with van der Waals surface area (Å²) in [5.74, 6) is 0.0426. The number of nitrogen functional groups attached to an aromatic ring is 1. The molecule has 0 unspecified atom stereocenters. The van der Waals surface area contributed by atoms with Gasteiger partial charge in [-0.25, -0.2) is 0 Å². The fourth-order valence-corrected chi connectivity index (χ4v) is 1.50. The van der Waals surface area contributed by atoms with Gasteiger partial charge in [-0.1, -0.05) is 6.08 Å². The van der Waals surface area contributed by atoms with E-state index >= 15 is 0 Å². The first kappa shape index (κ1) is 8.81. The molecule has 3 heteroatoms. The molecule has 3 nitrogen and oxygen atoms in total. The molecule has 0 radical (unpaired) electrons. The molecule has 14 heavy (non-hydrogen) atoms. The average Bonchev–Trinajstić information content (AvgIpc) is 2.20. The zero-order valence-corrected chi connectivity index (χ0v) is 7.81. The minimum Gasteiger partial charge on any atom is -0.399 e. The molecule has 0 fully saturated rings. The molecule has 2 rings (SSSR count). The quantitative estimate of drug-likeness (QED) is 0.680. The van der Waals surface area contributed by atoms with Crippen molar-refractivity contribution in [3.63, 3.8) is 0 Å². The maximum atomic E-state index is 11.5. The van der Waals surface area contributed by atoms with Crippen LogP contribution in [0, 0.1) is 0 Å². The Morgan fingerprint density at radius 1 is 1.21 bits per heavy atom. The molecular weight excluding hydrogens is 176 g/mol. The summed E-state index contributed by atoms with van der Waals surface area (Å²) in [6, 6.07) is 7.35. The lowest BCUT2D eigenvalue weighted by atomic mass is 10.2. The first-order chi connectivity index (χ1) is 6.77. The van der Waals surface area contributed by atoms with Crippen LogP contribution in [0.5, 0.6) is 0 Å². The van der Waals surface area contributed by atoms with Crippen LogP contribution in [0.3, 0.4) is 0 Å². The maximum absolute atomic E-state index is 11.5. The fourth-order valence-electron chi connectivity index (χ4n) is 1.50. The van der Waals surface area contributed by atoms with Crippen LogP contribution in [0.15, 0.2) is 36.4 Å². The second-order valence-electron chi connectivity index (χ2n) is 3.27. The molecule has 1 aliphatic rings. The number of hydrogen-bond acceptors (Lipinski definition) is 2. The van der Waals surface area contributed by atoms with Crippen LogP contribution >= 0.6 is 0 Å². The number of carbonyl (C=O) groups excluding carboxylic acids is 1. The molecule has 2 N–H and O–H groups in total. The summed E-state index contributed by atoms with van der Waals surface area (Å²) in [6.07, 6.45) is 4.42. The summed E-state index contributed by atoms with van der Waals surface area (Å²) in [6.45, 7) is 0.749. The van der Waals surface area contributed by atoms with E-state index in [1.165, 1.54) is 0 Å². The molecule has 0 saturated heterocycles. The molecule has 0 aliphatic carbocycles. The molecule has 1 aromatic rings. The number of rotatable bonds is 1. The van der Waals surface area contributed by atoms with E-state index in [-0.39, 0.29) is 5.91 Å². The lowest BCUT2D eigenvalue weighted by Gasteiger charge is -2.23. The van der Waals surface area contributed by atoms with Gasteiger partial charge >= 0.3 is 0 Å². The van der Waals surface area contributed by atoms with Crippen molar-refractivity contribution in [1.82, 2.24) is 0 Å². The standard InChI is InChI=1S/C11H12N2O/c12-9-4-6-10(7-5-9)13-8-2-1-3-11(13)14/h1,3-7H,2,8,12H2. The second kappa shape index (κ2) is 3.54. The van der Waals surface area contributed by atoms with Gasteiger partial charge in [-0.15, -0.1) is 0 Å². The monoisotopic (exact) mass is 188 g/mol. The second-order valence-corrected chi connectivity index (χ2v) is 3.27. The van der Waals surface area contributed by atoms with Crippen molar-refractivity contribution in [3.05, 3.63) is 36.4 Å². The topological polar surface area (TPSA) is 46.3 Å². The van der Waals surface area contributed by atoms with Gasteiger partial charge in [-0.2, -0.15) is 0 Å². The zero-order valence-electron chi connectivity index (χ0n) is 7.81. The smallest absolute Gasteiger partial charge is 0.250 e. The van der Waals surface area contributed by atoms with Crippen molar-refractivity contribution in [2.24, 2.45) is 0 Å². The van der Waals surface area contributed by atoms with Crippen molar-refractivity contribution >= 4 is 17.3 Å². The van der Waals surface area contributed by atoms with Gasteiger partial charge in [0.25, 0.3) is 5.91 Å². The van der Waals surface area contributed by atoms with Crippen LogP contribution in [0.1, 0.15) is 6.42 Å². The summed E-state index contributed by atoms with van der Waals surface area (Å²) in [7, 11) is 0. The van der Waals surface area contributed by atoms with Crippen LogP contribution in [0.25, 0.3) is 0 Å². The Labute approximate surface area is 82.8 Å². The summed E-state index contributed by atoms with van der Waals surface area (Å²) in [5, 5.41) is 0. The van der Waals surface area contributed by atoms with Crippen molar-refractivity contribution in [2.45, 2.75) is 6.42 Å². The van der Waals surface area contributed by atoms with Crippen LogP contribution in [0.4, 0.5) is 11.4 Å². The Morgan fingerprint density at radius 3 is 2.57 bits per heavy atom. The van der Waals surface area contributed by atoms with E-state index in [0.717, 1.165) is 18.7 Å². The van der Waals surface area contributed by atoms with E-state index in [1.54, 1.807) is 23.1 Å². The predicted octanol–water partition coefficient (Wildman–Crippen LogP) is 1.56. The van der Waals surface area contributed by atoms with Crippen LogP contribution in [-0.2, 0) is 4.79 Å². The van der Waals surface area contributed by atoms with Gasteiger partial charge in [0.15, 0.2) is 0 Å². The molecule has 1 aliphatic heterocycles. The van der Waals surface area contributed by atoms with Gasteiger partial charge < -0.3 is 10.6 Å². The molecule has 72 valence electrons. The van der Waals surface area contributed by atoms with Gasteiger partial charge in [-0.3, -0.25) is 4.79 Å². The normalized spacial score (nSPS) is 16.0. The summed E-state index contributed by atoms with van der Waals surface area (Å²) < 4.78 is 0. The Kier molecular flexibility index (Phi) is 2.23. The molecule has 1 heterocycles. The lowest BCUT2D eigenvalue weighted by Crippen LogP contribution is -2.32. The third-order valence-corrected chi connectivity index (χ3v) is 2.25. The first-order valence-electron chi connectivity index (χ1n) is 4.61. The number of anilines is 2. The molecule has 0 aromatic heterocycles. The minimum absolute atomic E-state index is 0.0426. The van der Waals surface area contributed by atoms with Crippen molar-refractivity contribution in [3.8, 4) is 0 Å². The molecule has 0 saturated carbocycles. The van der Waals surface area contributed by atoms with Crippen molar-refractivity contribution in [1.29, 1.82) is 0 Å². The first-order valence-corrected chi connectivity index (χ1v) is 4.61. The number of benzene rings is 1. The van der Waals surface area contributed by atoms with E-state index in [4.69, 9.17) is 5.73 Å². The fraction of sp³-hybridized carbons (Fsp3) is 0.182. The molecule has 1 amide bonds. The maximum Gasteiger partial charge on any atom is 0.250 e. The number of hydrogen-bond donors (Lipinski definition) is 1. The zero-order chi connectivity index (χ0) is 9.97. The minimum atomic E-state index is 0.0426. The Bertz CT molecular complexity index is 367. The van der Waals surface area contributed by atoms with Crippen LogP contribution in [-0.4, -0.2) is 12.5 Å². The summed E-state index contributed by atoms with van der Waals surface area (Å²) >= 11 is 0. The van der Waals surface area contributed by atoms with Crippen LogP contribution in [0.2, 0.25) is 0 Å². The number of nitrogens with two attached hydrogens (primary N) is 1. The molecule has 1 aromatic carbocycles. The largest absolute Gasteiger partial charge is 0.399 e. The average molecular weight is 188 g/mol. The van der Waals surface area contributed by atoms with Gasteiger partial charge in [0.1, 0.15) is 0 Å². The highest BCUT2D eigenvalue weighted by Crippen LogP contribution is 2.18. The number of amides is 1. The summed E-state index contributed by atoms with van der Waals surface area (Å²) in [4.78, 5) is 13.2. The predicted molar refractivity (Wildman–Crippen MR) is 57.0 cm³/mol. The Hall–Kier alpha value is -1.77. The van der Waals surface area contributed by atoms with Crippen LogP contribution < -0.4 is 10.6 Å². The molecule has 0 atom stereocenters. The van der Waals surface area contributed by atoms with E-state index in [0.29, 0.717) is 5.69 Å². The van der Waals surface area contributed by atoms with Gasteiger partial charge in [-0.05, 0) is 36.8 Å². The van der Waals surface area contributed by atoms with Gasteiger partial charge in [0.05, 0.1) is 0 Å². The Balaban J connectivity index is 2.26. The number of carbonyl (C=O) groups is 1. The van der Waals surface area contributed by atoms with E-state index < -0.39 is 0 Å². The Morgan fingerprint density at radius 2 is 1.93 bits per heavy atom. The van der Waals surface area contributed by atoms with E-state index in [9.17, 15) is 4.79 Å². The van der Waals surface area contributed by atoms with Gasteiger partial charge in [0, 0.05) is 17.9 Å². The third-order valence-electron chi connectivity index (χ3n) is 2.25. The SMILES string of the molecule is Nc1ccc(N2CCC=CC2=O)cc1. The highest BCUT2D eigenvalue weighted by Gasteiger charge is 2.14. The van der Waals surface area contributed by atoms with Gasteiger partial charge in [0.2, 0.25) is 0 Å². The highest BCUT2D eigenvalue weighted by molar-refractivity contribution is 6.02. The van der Waals surface area contributed by atoms with Crippen molar-refractivity contribution < 1.29 is 4.79 Å². The molecule has 0 spiro atoms. The third kappa shape index (κ3) is 1.62. The van der Waals surface area contributed by atoms with E-state index in [1.807, 2.05) is 18.2 Å². The molecule has 0 bridgehead atoms. The molecular formula is C11H12N2O. The highest BCUT2D eigenvalue weighted by atomic mass is 16.2. The summed E-state index contributed by atoms with van der Waals surface area (Å²) in [5.41, 5.74) is 7.20. The van der Waals surface area contributed by atoms with Crippen molar-refractivity contribution in [2.75, 3.05) is 17.2 Å². The lowest BCUT2D eigenvalue weighted by molar-refractivity contribution is -0.114.